The molecule has 1 atom stereocenters. The molecule has 0 radical (unpaired) electrons. The van der Waals surface area contributed by atoms with Gasteiger partial charge in [-0.15, -0.1) is 0 Å². The standard InChI is InChI=1S/C15H21N3O2S/c1-5-18(6-2)14(19)10(3)16-15-17-12-8-7-11(20-4)9-13(12)21-15/h7-10H,5-6H2,1-4H3,(H,16,17). The molecule has 1 N–H and O–H groups in total. The third kappa shape index (κ3) is 3.44. The number of methoxy groups -OCH3 is 1. The van der Waals surface area contributed by atoms with Crippen molar-refractivity contribution in [1.29, 1.82) is 0 Å². The highest BCUT2D eigenvalue weighted by Crippen LogP contribution is 2.29. The molecular formula is C15H21N3O2S. The fourth-order valence-electron chi connectivity index (χ4n) is 2.15. The number of nitrogens with zero attached hydrogens (tertiary/aromatic N) is 2. The molecule has 1 aromatic carbocycles. The topological polar surface area (TPSA) is 54.5 Å². The van der Waals surface area contributed by atoms with Crippen molar-refractivity contribution in [3.05, 3.63) is 18.2 Å². The molecule has 0 aliphatic heterocycles. The second-order valence-corrected chi connectivity index (χ2v) is 5.76. The van der Waals surface area contributed by atoms with E-state index in [0.29, 0.717) is 0 Å². The van der Waals surface area contributed by atoms with E-state index in [4.69, 9.17) is 4.74 Å². The van der Waals surface area contributed by atoms with Gasteiger partial charge in [0, 0.05) is 13.1 Å². The number of amides is 1. The minimum absolute atomic E-state index is 0.0943. The van der Waals surface area contributed by atoms with Gasteiger partial charge in [-0.3, -0.25) is 4.79 Å². The van der Waals surface area contributed by atoms with E-state index >= 15 is 0 Å². The quantitative estimate of drug-likeness (QED) is 0.891. The number of nitrogens with one attached hydrogen (secondary N) is 1. The monoisotopic (exact) mass is 307 g/mol. The van der Waals surface area contributed by atoms with Crippen molar-refractivity contribution < 1.29 is 9.53 Å². The molecule has 0 saturated carbocycles. The smallest absolute Gasteiger partial charge is 0.244 e. The van der Waals surface area contributed by atoms with Crippen LogP contribution >= 0.6 is 11.3 Å². The number of anilines is 1. The Morgan fingerprint density at radius 3 is 2.76 bits per heavy atom. The normalized spacial score (nSPS) is 12.2. The maximum Gasteiger partial charge on any atom is 0.244 e. The van der Waals surface area contributed by atoms with Gasteiger partial charge in [0.1, 0.15) is 11.8 Å². The molecule has 1 unspecified atom stereocenters. The Labute approximate surface area is 128 Å². The summed E-state index contributed by atoms with van der Waals surface area (Å²) in [5.74, 6) is 0.904. The highest BCUT2D eigenvalue weighted by Gasteiger charge is 2.19. The Balaban J connectivity index is 2.14. The molecular weight excluding hydrogens is 286 g/mol. The second kappa shape index (κ2) is 6.76. The van der Waals surface area contributed by atoms with Crippen molar-refractivity contribution in [2.24, 2.45) is 0 Å². The first kappa shape index (κ1) is 15.6. The van der Waals surface area contributed by atoms with E-state index in [1.54, 1.807) is 7.11 Å². The summed E-state index contributed by atoms with van der Waals surface area (Å²) in [6, 6.07) is 5.48. The van der Waals surface area contributed by atoms with Gasteiger partial charge in [-0.25, -0.2) is 4.98 Å². The lowest BCUT2D eigenvalue weighted by atomic mass is 10.3. The summed E-state index contributed by atoms with van der Waals surface area (Å²) in [7, 11) is 1.65. The van der Waals surface area contributed by atoms with Crippen LogP contribution < -0.4 is 10.1 Å². The summed E-state index contributed by atoms with van der Waals surface area (Å²) < 4.78 is 6.25. The maximum absolute atomic E-state index is 12.2. The van der Waals surface area contributed by atoms with Crippen molar-refractivity contribution in [2.75, 3.05) is 25.5 Å². The first-order chi connectivity index (χ1) is 10.1. The van der Waals surface area contributed by atoms with Crippen LogP contribution in [0.25, 0.3) is 10.2 Å². The van der Waals surface area contributed by atoms with Crippen LogP contribution in [0.15, 0.2) is 18.2 Å². The molecule has 1 heterocycles. The first-order valence-electron chi connectivity index (χ1n) is 7.08. The van der Waals surface area contributed by atoms with Crippen LogP contribution in [-0.4, -0.2) is 42.0 Å². The van der Waals surface area contributed by atoms with Crippen molar-refractivity contribution in [1.82, 2.24) is 9.88 Å². The SMILES string of the molecule is CCN(CC)C(=O)C(C)Nc1nc2ccc(OC)cc2s1. The van der Waals surface area contributed by atoms with Gasteiger partial charge in [0.15, 0.2) is 5.13 Å². The van der Waals surface area contributed by atoms with Crippen LogP contribution in [0.4, 0.5) is 5.13 Å². The van der Waals surface area contributed by atoms with E-state index in [2.05, 4.69) is 10.3 Å². The van der Waals surface area contributed by atoms with Crippen molar-refractivity contribution in [2.45, 2.75) is 26.8 Å². The summed E-state index contributed by atoms with van der Waals surface area (Å²) in [6.45, 7) is 7.28. The van der Waals surface area contributed by atoms with Gasteiger partial charge >= 0.3 is 0 Å². The summed E-state index contributed by atoms with van der Waals surface area (Å²) in [4.78, 5) is 18.6. The average Bonchev–Trinajstić information content (AvgIpc) is 2.89. The van der Waals surface area contributed by atoms with Crippen molar-refractivity contribution in [3.63, 3.8) is 0 Å². The van der Waals surface area contributed by atoms with Crippen LogP contribution in [0.1, 0.15) is 20.8 Å². The number of fused-ring (bicyclic) bond motifs is 1. The molecule has 0 spiro atoms. The Hall–Kier alpha value is -1.82. The molecule has 21 heavy (non-hydrogen) atoms. The number of carbonyl (C=O) groups excluding carboxylic acids is 1. The first-order valence-corrected chi connectivity index (χ1v) is 7.90. The molecule has 6 heteroatoms. The Kier molecular flexibility index (Phi) is 5.01. The second-order valence-electron chi connectivity index (χ2n) is 4.73. The number of rotatable bonds is 6. The van der Waals surface area contributed by atoms with Crippen LogP contribution in [0.3, 0.4) is 0 Å². The summed E-state index contributed by atoms with van der Waals surface area (Å²) in [5.41, 5.74) is 0.908. The molecule has 2 aromatic rings. The predicted octanol–water partition coefficient (Wildman–Crippen LogP) is 2.97. The van der Waals surface area contributed by atoms with Crippen LogP contribution in [0.2, 0.25) is 0 Å². The highest BCUT2D eigenvalue weighted by atomic mass is 32.1. The summed E-state index contributed by atoms with van der Waals surface area (Å²) >= 11 is 1.53. The van der Waals surface area contributed by atoms with Crippen LogP contribution in [0, 0.1) is 0 Å². The zero-order chi connectivity index (χ0) is 15.4. The molecule has 5 nitrogen and oxygen atoms in total. The number of ether oxygens (including phenoxy) is 1. The Bertz CT molecular complexity index is 622. The molecule has 0 bridgehead atoms. The molecule has 0 aliphatic rings. The number of thiazole rings is 1. The zero-order valence-electron chi connectivity index (χ0n) is 12.8. The summed E-state index contributed by atoms with van der Waals surface area (Å²) in [6.07, 6.45) is 0. The average molecular weight is 307 g/mol. The lowest BCUT2D eigenvalue weighted by Gasteiger charge is -2.23. The van der Waals surface area contributed by atoms with Gasteiger partial charge in [0.05, 0.1) is 17.3 Å². The molecule has 1 amide bonds. The number of benzene rings is 1. The number of aromatic nitrogens is 1. The Morgan fingerprint density at radius 2 is 2.14 bits per heavy atom. The van der Waals surface area contributed by atoms with Gasteiger partial charge in [-0.2, -0.15) is 0 Å². The zero-order valence-corrected chi connectivity index (χ0v) is 13.7. The van der Waals surface area contributed by atoms with E-state index in [0.717, 1.165) is 34.2 Å². The maximum atomic E-state index is 12.2. The Morgan fingerprint density at radius 1 is 1.43 bits per heavy atom. The van der Waals surface area contributed by atoms with Crippen LogP contribution in [0.5, 0.6) is 5.75 Å². The van der Waals surface area contributed by atoms with E-state index in [-0.39, 0.29) is 11.9 Å². The van der Waals surface area contributed by atoms with E-state index < -0.39 is 0 Å². The molecule has 1 aromatic heterocycles. The van der Waals surface area contributed by atoms with Gasteiger partial charge in [-0.1, -0.05) is 11.3 Å². The third-order valence-electron chi connectivity index (χ3n) is 3.38. The van der Waals surface area contributed by atoms with Gasteiger partial charge in [-0.05, 0) is 39.0 Å². The predicted molar refractivity (Wildman–Crippen MR) is 87.2 cm³/mol. The van der Waals surface area contributed by atoms with Gasteiger partial charge < -0.3 is 15.0 Å². The fraction of sp³-hybridized carbons (Fsp3) is 0.467. The van der Waals surface area contributed by atoms with E-state index in [1.165, 1.54) is 11.3 Å². The molecule has 2 rings (SSSR count). The minimum Gasteiger partial charge on any atom is -0.497 e. The van der Waals surface area contributed by atoms with E-state index in [9.17, 15) is 4.79 Å². The number of hydrogen-bond acceptors (Lipinski definition) is 5. The number of likely N-dealkylation sites (N-methyl/N-ethyl adjacent to an activating group) is 1. The van der Waals surface area contributed by atoms with E-state index in [1.807, 2.05) is 43.9 Å². The third-order valence-corrected chi connectivity index (χ3v) is 4.33. The molecule has 0 saturated heterocycles. The fourth-order valence-corrected chi connectivity index (χ4v) is 3.13. The lowest BCUT2D eigenvalue weighted by molar-refractivity contribution is -0.131. The molecule has 0 aliphatic carbocycles. The van der Waals surface area contributed by atoms with Crippen LogP contribution in [-0.2, 0) is 4.79 Å². The minimum atomic E-state index is -0.285. The highest BCUT2D eigenvalue weighted by molar-refractivity contribution is 7.22. The molecule has 114 valence electrons. The number of carbonyl (C=O) groups is 1. The largest absolute Gasteiger partial charge is 0.497 e. The van der Waals surface area contributed by atoms with Gasteiger partial charge in [0.2, 0.25) is 5.91 Å². The summed E-state index contributed by atoms with van der Waals surface area (Å²) in [5, 5.41) is 3.95. The molecule has 0 fully saturated rings. The van der Waals surface area contributed by atoms with Crippen molar-refractivity contribution in [3.8, 4) is 5.75 Å². The number of hydrogen-bond donors (Lipinski definition) is 1. The van der Waals surface area contributed by atoms with Crippen molar-refractivity contribution >= 4 is 32.6 Å². The lowest BCUT2D eigenvalue weighted by Crippen LogP contribution is -2.41. The van der Waals surface area contributed by atoms with Gasteiger partial charge in [0.25, 0.3) is 0 Å².